The van der Waals surface area contributed by atoms with Crippen LogP contribution in [0.3, 0.4) is 0 Å². The van der Waals surface area contributed by atoms with Crippen molar-refractivity contribution < 1.29 is 0 Å². The molecule has 1 aliphatic rings. The smallest absolute Gasteiger partial charge is 0.0534 e. The zero-order valence-electron chi connectivity index (χ0n) is 17.1. The van der Waals surface area contributed by atoms with Crippen molar-refractivity contribution in [2.24, 2.45) is 0 Å². The molecule has 0 atom stereocenters. The molecule has 0 aliphatic carbocycles. The summed E-state index contributed by atoms with van der Waals surface area (Å²) >= 11 is 0. The number of hydrogen-bond acceptors (Lipinski definition) is 1. The molecule has 0 spiro atoms. The zero-order chi connectivity index (χ0) is 18.1. The lowest BCUT2D eigenvalue weighted by atomic mass is 9.88. The van der Waals surface area contributed by atoms with Crippen LogP contribution in [0.1, 0.15) is 97.5 Å². The van der Waals surface area contributed by atoms with Gasteiger partial charge in [0, 0.05) is 17.8 Å². The number of hydrogen-bond donors (Lipinski definition) is 0. The molecule has 0 radical (unpaired) electrons. The van der Waals surface area contributed by atoms with Crippen LogP contribution in [0, 0.1) is 0 Å². The lowest BCUT2D eigenvalue weighted by Gasteiger charge is -2.43. The van der Waals surface area contributed by atoms with E-state index in [1.165, 1.54) is 87.6 Å². The Hall–Kier alpha value is -1.24. The second-order valence-electron chi connectivity index (χ2n) is 8.33. The molecule has 2 rings (SSSR count). The lowest BCUT2D eigenvalue weighted by Crippen LogP contribution is -2.45. The van der Waals surface area contributed by atoms with E-state index in [1.807, 2.05) is 0 Å². The molecule has 1 aliphatic heterocycles. The number of benzene rings is 1. The standard InChI is InChI=1S/C24H39N/c1-5-6-7-8-9-10-11-12-13-16-19-25-23-18-15-14-17-22(23)21(2)20-24(25,3)4/h14-15,17-18,20H,5-13,16,19H2,1-4H3. The molecule has 0 N–H and O–H groups in total. The predicted octanol–water partition coefficient (Wildman–Crippen LogP) is 7.61. The molecule has 140 valence electrons. The van der Waals surface area contributed by atoms with Gasteiger partial charge in [-0.25, -0.2) is 0 Å². The zero-order valence-corrected chi connectivity index (χ0v) is 17.1. The quantitative estimate of drug-likeness (QED) is 0.374. The van der Waals surface area contributed by atoms with Gasteiger partial charge < -0.3 is 4.90 Å². The average molecular weight is 342 g/mol. The Morgan fingerprint density at radius 3 is 2.00 bits per heavy atom. The maximum atomic E-state index is 2.61. The second-order valence-corrected chi connectivity index (χ2v) is 8.33. The molecule has 1 nitrogen and oxygen atoms in total. The first-order valence-corrected chi connectivity index (χ1v) is 10.6. The molecule has 25 heavy (non-hydrogen) atoms. The Balaban J connectivity index is 1.72. The van der Waals surface area contributed by atoms with Crippen LogP contribution >= 0.6 is 0 Å². The number of fused-ring (bicyclic) bond motifs is 1. The first-order chi connectivity index (χ1) is 12.1. The maximum Gasteiger partial charge on any atom is 0.0534 e. The van der Waals surface area contributed by atoms with Gasteiger partial charge in [-0.2, -0.15) is 0 Å². The Bertz CT molecular complexity index is 541. The fourth-order valence-electron chi connectivity index (χ4n) is 4.20. The van der Waals surface area contributed by atoms with E-state index < -0.39 is 0 Å². The normalized spacial score (nSPS) is 15.8. The van der Waals surface area contributed by atoms with E-state index >= 15 is 0 Å². The summed E-state index contributed by atoms with van der Waals surface area (Å²) < 4.78 is 0. The first kappa shape index (κ1) is 20.1. The predicted molar refractivity (Wildman–Crippen MR) is 113 cm³/mol. The van der Waals surface area contributed by atoms with Gasteiger partial charge in [0.2, 0.25) is 0 Å². The Kier molecular flexibility index (Phi) is 8.06. The van der Waals surface area contributed by atoms with Gasteiger partial charge in [0.25, 0.3) is 0 Å². The molecule has 1 heteroatoms. The Labute approximate surface area is 156 Å². The minimum Gasteiger partial charge on any atom is -0.362 e. The van der Waals surface area contributed by atoms with Crippen LogP contribution in [0.5, 0.6) is 0 Å². The van der Waals surface area contributed by atoms with Crippen molar-refractivity contribution >= 4 is 11.3 Å². The summed E-state index contributed by atoms with van der Waals surface area (Å²) in [6.45, 7) is 10.4. The first-order valence-electron chi connectivity index (χ1n) is 10.6. The van der Waals surface area contributed by atoms with Crippen molar-refractivity contribution in [3.63, 3.8) is 0 Å². The topological polar surface area (TPSA) is 3.24 Å². The number of para-hydroxylation sites is 1. The highest BCUT2D eigenvalue weighted by Gasteiger charge is 2.30. The third-order valence-electron chi connectivity index (χ3n) is 5.62. The second kappa shape index (κ2) is 10.0. The molecular weight excluding hydrogens is 302 g/mol. The number of rotatable bonds is 11. The monoisotopic (exact) mass is 341 g/mol. The van der Waals surface area contributed by atoms with Crippen molar-refractivity contribution in [3.8, 4) is 0 Å². The van der Waals surface area contributed by atoms with Crippen molar-refractivity contribution in [1.82, 2.24) is 0 Å². The fraction of sp³-hybridized carbons (Fsp3) is 0.667. The highest BCUT2D eigenvalue weighted by molar-refractivity contribution is 5.80. The Morgan fingerprint density at radius 1 is 0.800 bits per heavy atom. The minimum absolute atomic E-state index is 0.123. The molecule has 0 amide bonds. The van der Waals surface area contributed by atoms with Gasteiger partial charge >= 0.3 is 0 Å². The van der Waals surface area contributed by atoms with Crippen molar-refractivity contribution in [2.75, 3.05) is 11.4 Å². The van der Waals surface area contributed by atoms with Gasteiger partial charge in [-0.1, -0.05) is 89.0 Å². The van der Waals surface area contributed by atoms with Gasteiger partial charge in [0.15, 0.2) is 0 Å². The molecule has 0 fully saturated rings. The molecule has 0 unspecified atom stereocenters. The van der Waals surface area contributed by atoms with Crippen LogP contribution in [0.25, 0.3) is 5.57 Å². The van der Waals surface area contributed by atoms with E-state index in [1.54, 1.807) is 0 Å². The van der Waals surface area contributed by atoms with Gasteiger partial charge in [-0.15, -0.1) is 0 Å². The van der Waals surface area contributed by atoms with Gasteiger partial charge in [-0.05, 0) is 38.8 Å². The van der Waals surface area contributed by atoms with Crippen LogP contribution in [0.15, 0.2) is 30.3 Å². The van der Waals surface area contributed by atoms with E-state index in [-0.39, 0.29) is 5.54 Å². The summed E-state index contributed by atoms with van der Waals surface area (Å²) in [5.41, 5.74) is 4.37. The summed E-state index contributed by atoms with van der Waals surface area (Å²) in [5.74, 6) is 0. The van der Waals surface area contributed by atoms with E-state index in [9.17, 15) is 0 Å². The van der Waals surface area contributed by atoms with Crippen LogP contribution < -0.4 is 4.90 Å². The van der Waals surface area contributed by atoms with Gasteiger partial charge in [0.1, 0.15) is 0 Å². The van der Waals surface area contributed by atoms with Crippen molar-refractivity contribution in [3.05, 3.63) is 35.9 Å². The van der Waals surface area contributed by atoms with E-state index in [0.29, 0.717) is 0 Å². The molecule has 0 saturated carbocycles. The fourth-order valence-corrected chi connectivity index (χ4v) is 4.20. The number of anilines is 1. The highest BCUT2D eigenvalue weighted by atomic mass is 15.2. The van der Waals surface area contributed by atoms with Gasteiger partial charge in [0.05, 0.1) is 5.54 Å². The van der Waals surface area contributed by atoms with Crippen molar-refractivity contribution in [2.45, 2.75) is 97.4 Å². The summed E-state index contributed by atoms with van der Waals surface area (Å²) in [4.78, 5) is 2.61. The average Bonchev–Trinajstić information content (AvgIpc) is 2.58. The SMILES string of the molecule is CCCCCCCCCCCCN1c2ccccc2C(C)=CC1(C)C. The molecule has 0 aromatic heterocycles. The molecular formula is C24H39N. The van der Waals surface area contributed by atoms with Crippen LogP contribution in [-0.2, 0) is 0 Å². The van der Waals surface area contributed by atoms with Crippen LogP contribution in [0.2, 0.25) is 0 Å². The third-order valence-corrected chi connectivity index (χ3v) is 5.62. The lowest BCUT2D eigenvalue weighted by molar-refractivity contribution is 0.516. The largest absolute Gasteiger partial charge is 0.362 e. The van der Waals surface area contributed by atoms with E-state index in [0.717, 1.165) is 0 Å². The number of allylic oxidation sites excluding steroid dienone is 1. The summed E-state index contributed by atoms with van der Waals surface area (Å²) in [6.07, 6.45) is 16.5. The van der Waals surface area contributed by atoms with E-state index in [4.69, 9.17) is 0 Å². The van der Waals surface area contributed by atoms with Crippen LogP contribution in [0.4, 0.5) is 5.69 Å². The van der Waals surface area contributed by atoms with Gasteiger partial charge in [-0.3, -0.25) is 0 Å². The number of unbranched alkanes of at least 4 members (excludes halogenated alkanes) is 9. The minimum atomic E-state index is 0.123. The summed E-state index contributed by atoms with van der Waals surface area (Å²) in [7, 11) is 0. The highest BCUT2D eigenvalue weighted by Crippen LogP contribution is 2.38. The van der Waals surface area contributed by atoms with Crippen molar-refractivity contribution in [1.29, 1.82) is 0 Å². The number of nitrogens with zero attached hydrogens (tertiary/aromatic N) is 1. The molecule has 1 aromatic rings. The summed E-state index contributed by atoms with van der Waals surface area (Å²) in [6, 6.07) is 8.90. The van der Waals surface area contributed by atoms with Crippen LogP contribution in [-0.4, -0.2) is 12.1 Å². The Morgan fingerprint density at radius 2 is 1.36 bits per heavy atom. The molecule has 1 aromatic carbocycles. The molecule has 0 bridgehead atoms. The van der Waals surface area contributed by atoms with E-state index in [2.05, 4.69) is 62.9 Å². The third kappa shape index (κ3) is 5.90. The maximum absolute atomic E-state index is 2.61. The molecule has 0 saturated heterocycles. The summed E-state index contributed by atoms with van der Waals surface area (Å²) in [5, 5.41) is 0. The molecule has 1 heterocycles.